The third-order valence-corrected chi connectivity index (χ3v) is 8.24. The van der Waals surface area contributed by atoms with E-state index in [4.69, 9.17) is 23.2 Å². The molecule has 0 heterocycles. The lowest BCUT2D eigenvalue weighted by molar-refractivity contribution is -0.140. The highest BCUT2D eigenvalue weighted by molar-refractivity contribution is 7.92. The summed E-state index contributed by atoms with van der Waals surface area (Å²) < 4.78 is 28.6. The summed E-state index contributed by atoms with van der Waals surface area (Å²) >= 11 is 12.4. The molecule has 0 radical (unpaired) electrons. The molecule has 0 saturated carbocycles. The third kappa shape index (κ3) is 7.97. The number of halogens is 2. The van der Waals surface area contributed by atoms with Gasteiger partial charge in [0, 0.05) is 22.1 Å². The minimum atomic E-state index is -4.20. The molecule has 0 fully saturated rings. The Labute approximate surface area is 240 Å². The smallest absolute Gasteiger partial charge is 0.264 e. The van der Waals surface area contributed by atoms with Gasteiger partial charge in [-0.3, -0.25) is 13.9 Å². The molecule has 10 heteroatoms. The molecule has 0 spiro atoms. The molecule has 1 atom stereocenters. The second-order valence-electron chi connectivity index (χ2n) is 10.3. The summed E-state index contributed by atoms with van der Waals surface area (Å²) in [6.45, 7) is 8.63. The standard InChI is InChI=1S/C29H33Cl2N3O4S/c1-20-11-9-10-12-22(20)18-33(21(2)28(36)32-29(3,4)5)27(35)19-34(25-16-23(30)15-24(31)17-25)39(37,38)26-13-7-6-8-14-26/h6-17,21H,18-19H2,1-5H3,(H,32,36)/t21-/m1/s1. The average Bonchev–Trinajstić information content (AvgIpc) is 2.85. The van der Waals surface area contributed by atoms with Crippen LogP contribution in [0.1, 0.15) is 38.8 Å². The Hall–Kier alpha value is -3.07. The van der Waals surface area contributed by atoms with Crippen molar-refractivity contribution in [2.75, 3.05) is 10.8 Å². The zero-order valence-electron chi connectivity index (χ0n) is 22.6. The molecule has 7 nitrogen and oxygen atoms in total. The van der Waals surface area contributed by atoms with Gasteiger partial charge in [-0.15, -0.1) is 0 Å². The summed E-state index contributed by atoms with van der Waals surface area (Å²) in [5, 5.41) is 3.34. The number of sulfonamides is 1. The first kappa shape index (κ1) is 30.5. The second kappa shape index (κ2) is 12.4. The molecule has 0 saturated heterocycles. The Balaban J connectivity index is 2.07. The molecular weight excluding hydrogens is 557 g/mol. The summed E-state index contributed by atoms with van der Waals surface area (Å²) in [5.74, 6) is -0.918. The summed E-state index contributed by atoms with van der Waals surface area (Å²) in [6.07, 6.45) is 0. The molecule has 3 aromatic rings. The zero-order chi connectivity index (χ0) is 29.0. The number of hydrogen-bond acceptors (Lipinski definition) is 4. The van der Waals surface area contributed by atoms with Crippen molar-refractivity contribution in [2.24, 2.45) is 0 Å². The molecule has 208 valence electrons. The van der Waals surface area contributed by atoms with Crippen molar-refractivity contribution in [2.45, 2.75) is 57.6 Å². The van der Waals surface area contributed by atoms with Crippen LogP contribution in [0, 0.1) is 6.92 Å². The Morgan fingerprint density at radius 2 is 1.49 bits per heavy atom. The normalized spacial score (nSPS) is 12.5. The lowest BCUT2D eigenvalue weighted by Gasteiger charge is -2.33. The van der Waals surface area contributed by atoms with E-state index in [2.05, 4.69) is 5.32 Å². The van der Waals surface area contributed by atoms with Crippen LogP contribution in [0.3, 0.4) is 0 Å². The van der Waals surface area contributed by atoms with Crippen molar-refractivity contribution < 1.29 is 18.0 Å². The van der Waals surface area contributed by atoms with E-state index in [1.54, 1.807) is 25.1 Å². The number of anilines is 1. The molecule has 0 bridgehead atoms. The predicted molar refractivity (Wildman–Crippen MR) is 157 cm³/mol. The average molecular weight is 591 g/mol. The van der Waals surface area contributed by atoms with Crippen molar-refractivity contribution >= 4 is 50.7 Å². The van der Waals surface area contributed by atoms with Gasteiger partial charge in [-0.25, -0.2) is 8.42 Å². The topological polar surface area (TPSA) is 86.8 Å². The lowest BCUT2D eigenvalue weighted by atomic mass is 10.1. The van der Waals surface area contributed by atoms with E-state index in [9.17, 15) is 18.0 Å². The summed E-state index contributed by atoms with van der Waals surface area (Å²) in [5.41, 5.74) is 1.38. The van der Waals surface area contributed by atoms with Gasteiger partial charge in [0.1, 0.15) is 12.6 Å². The minimum Gasteiger partial charge on any atom is -0.350 e. The van der Waals surface area contributed by atoms with Crippen LogP contribution in [0.15, 0.2) is 77.7 Å². The van der Waals surface area contributed by atoms with E-state index in [1.807, 2.05) is 52.0 Å². The van der Waals surface area contributed by atoms with Crippen molar-refractivity contribution in [1.29, 1.82) is 0 Å². The number of carbonyl (C=O) groups excluding carboxylic acids is 2. The molecule has 0 aliphatic rings. The van der Waals surface area contributed by atoms with Gasteiger partial charge in [0.2, 0.25) is 11.8 Å². The van der Waals surface area contributed by atoms with Gasteiger partial charge < -0.3 is 10.2 Å². The number of amides is 2. The Morgan fingerprint density at radius 3 is 2.05 bits per heavy atom. The van der Waals surface area contributed by atoms with E-state index in [0.29, 0.717) is 0 Å². The Kier molecular flexibility index (Phi) is 9.69. The van der Waals surface area contributed by atoms with Crippen molar-refractivity contribution in [3.05, 3.63) is 94.0 Å². The number of rotatable bonds is 9. The fourth-order valence-corrected chi connectivity index (χ4v) is 5.89. The molecule has 0 aliphatic heterocycles. The van der Waals surface area contributed by atoms with Crippen LogP contribution in [0.2, 0.25) is 10.0 Å². The Bertz CT molecular complexity index is 1420. The lowest BCUT2D eigenvalue weighted by Crippen LogP contribution is -2.54. The van der Waals surface area contributed by atoms with Gasteiger partial charge in [-0.2, -0.15) is 0 Å². The molecule has 0 unspecified atom stereocenters. The summed E-state index contributed by atoms with van der Waals surface area (Å²) in [4.78, 5) is 28.5. The van der Waals surface area contributed by atoms with E-state index in [0.717, 1.165) is 15.4 Å². The molecule has 3 aromatic carbocycles. The highest BCUT2D eigenvalue weighted by Crippen LogP contribution is 2.30. The third-order valence-electron chi connectivity index (χ3n) is 6.01. The van der Waals surface area contributed by atoms with Gasteiger partial charge in [-0.05, 0) is 76.1 Å². The van der Waals surface area contributed by atoms with Crippen LogP contribution < -0.4 is 9.62 Å². The first-order chi connectivity index (χ1) is 18.2. The molecule has 2 amide bonds. The number of nitrogens with one attached hydrogen (secondary N) is 1. The van der Waals surface area contributed by atoms with Crippen LogP contribution in [-0.2, 0) is 26.2 Å². The van der Waals surface area contributed by atoms with Crippen LogP contribution >= 0.6 is 23.2 Å². The number of aryl methyl sites for hydroxylation is 1. The quantitative estimate of drug-likeness (QED) is 0.340. The van der Waals surface area contributed by atoms with E-state index in [-0.39, 0.29) is 33.1 Å². The second-order valence-corrected chi connectivity index (χ2v) is 13.1. The van der Waals surface area contributed by atoms with E-state index < -0.39 is 34.1 Å². The van der Waals surface area contributed by atoms with Gasteiger partial charge in [0.05, 0.1) is 10.6 Å². The summed E-state index contributed by atoms with van der Waals surface area (Å²) in [6, 6.07) is 18.8. The zero-order valence-corrected chi connectivity index (χ0v) is 24.9. The molecule has 1 N–H and O–H groups in total. The maximum absolute atomic E-state index is 14.0. The molecule has 0 aliphatic carbocycles. The van der Waals surface area contributed by atoms with Crippen molar-refractivity contribution in [3.8, 4) is 0 Å². The van der Waals surface area contributed by atoms with Crippen molar-refractivity contribution in [1.82, 2.24) is 10.2 Å². The van der Waals surface area contributed by atoms with Gasteiger partial charge in [0.15, 0.2) is 0 Å². The monoisotopic (exact) mass is 589 g/mol. The van der Waals surface area contributed by atoms with Crippen LogP contribution in [-0.4, -0.2) is 43.3 Å². The number of benzene rings is 3. The number of hydrogen-bond donors (Lipinski definition) is 1. The SMILES string of the molecule is Cc1ccccc1CN(C(=O)CN(c1cc(Cl)cc(Cl)c1)S(=O)(=O)c1ccccc1)[C@H](C)C(=O)NC(C)(C)C. The first-order valence-corrected chi connectivity index (χ1v) is 14.6. The van der Waals surface area contributed by atoms with Gasteiger partial charge >= 0.3 is 0 Å². The van der Waals surface area contributed by atoms with E-state index in [1.165, 1.54) is 35.2 Å². The fraction of sp³-hybridized carbons (Fsp3) is 0.310. The van der Waals surface area contributed by atoms with E-state index >= 15 is 0 Å². The summed E-state index contributed by atoms with van der Waals surface area (Å²) in [7, 11) is -4.20. The van der Waals surface area contributed by atoms with Crippen LogP contribution in [0.4, 0.5) is 5.69 Å². The number of nitrogens with zero attached hydrogens (tertiary/aromatic N) is 2. The van der Waals surface area contributed by atoms with Gasteiger partial charge in [0.25, 0.3) is 10.0 Å². The van der Waals surface area contributed by atoms with Crippen LogP contribution in [0.5, 0.6) is 0 Å². The minimum absolute atomic E-state index is 0.00197. The van der Waals surface area contributed by atoms with Crippen molar-refractivity contribution in [3.63, 3.8) is 0 Å². The maximum atomic E-state index is 14.0. The molecular formula is C29H33Cl2N3O4S. The molecule has 3 rings (SSSR count). The first-order valence-electron chi connectivity index (χ1n) is 12.4. The highest BCUT2D eigenvalue weighted by Gasteiger charge is 2.33. The fourth-order valence-electron chi connectivity index (χ4n) is 3.96. The predicted octanol–water partition coefficient (Wildman–Crippen LogP) is 5.83. The highest BCUT2D eigenvalue weighted by atomic mass is 35.5. The maximum Gasteiger partial charge on any atom is 0.264 e. The van der Waals surface area contributed by atoms with Gasteiger partial charge in [-0.1, -0.05) is 65.7 Å². The largest absolute Gasteiger partial charge is 0.350 e. The Morgan fingerprint density at radius 1 is 0.923 bits per heavy atom. The number of carbonyl (C=O) groups is 2. The van der Waals surface area contributed by atoms with Crippen LogP contribution in [0.25, 0.3) is 0 Å². The molecule has 39 heavy (non-hydrogen) atoms. The molecule has 0 aromatic heterocycles.